The third-order valence-corrected chi connectivity index (χ3v) is 2.26. The smallest absolute Gasteiger partial charge is 0.0447 e. The summed E-state index contributed by atoms with van der Waals surface area (Å²) in [7, 11) is 0. The minimum Gasteiger partial charge on any atom is -0.258 e. The molecule has 0 N–H and O–H groups in total. The van der Waals surface area contributed by atoms with Gasteiger partial charge in [0.05, 0.1) is 0 Å². The molecular formula is C16H23N. The van der Waals surface area contributed by atoms with Crippen LogP contribution in [-0.4, -0.2) is 5.71 Å². The zero-order valence-electron chi connectivity index (χ0n) is 11.4. The lowest BCUT2D eigenvalue weighted by Crippen LogP contribution is -1.94. The topological polar surface area (TPSA) is 12.4 Å². The van der Waals surface area contributed by atoms with Crippen LogP contribution in [0.25, 0.3) is 0 Å². The predicted molar refractivity (Wildman–Crippen MR) is 78.6 cm³/mol. The number of aliphatic imine (C=N–C) groups is 1. The van der Waals surface area contributed by atoms with E-state index in [0.717, 1.165) is 23.4 Å². The van der Waals surface area contributed by atoms with Gasteiger partial charge in [-0.05, 0) is 32.8 Å². The summed E-state index contributed by atoms with van der Waals surface area (Å²) in [6.07, 6.45) is 4.91. The van der Waals surface area contributed by atoms with Crippen molar-refractivity contribution in [2.24, 2.45) is 4.99 Å². The van der Waals surface area contributed by atoms with Gasteiger partial charge in [0.1, 0.15) is 0 Å². The molecule has 1 aromatic rings. The van der Waals surface area contributed by atoms with E-state index in [2.05, 4.69) is 30.6 Å². The maximum absolute atomic E-state index is 4.39. The van der Waals surface area contributed by atoms with Gasteiger partial charge in [-0.3, -0.25) is 4.99 Å². The average molecular weight is 229 g/mol. The van der Waals surface area contributed by atoms with Crippen LogP contribution >= 0.6 is 0 Å². The summed E-state index contributed by atoms with van der Waals surface area (Å²) in [5.41, 5.74) is 3.13. The molecule has 0 fully saturated rings. The van der Waals surface area contributed by atoms with Crippen molar-refractivity contribution in [3.63, 3.8) is 0 Å². The summed E-state index contributed by atoms with van der Waals surface area (Å²) in [6.45, 7) is 11.9. The third kappa shape index (κ3) is 7.29. The van der Waals surface area contributed by atoms with Gasteiger partial charge in [-0.2, -0.15) is 0 Å². The number of nitrogens with zero attached hydrogens (tertiary/aromatic N) is 1. The Labute approximate surface area is 106 Å². The molecule has 1 aromatic carbocycles. The molecule has 0 heterocycles. The molecule has 17 heavy (non-hydrogen) atoms. The number of rotatable bonds is 3. The monoisotopic (exact) mass is 229 g/mol. The fraction of sp³-hybridized carbons (Fsp3) is 0.312. The van der Waals surface area contributed by atoms with Crippen molar-refractivity contribution in [3.8, 4) is 0 Å². The highest BCUT2D eigenvalue weighted by Gasteiger charge is 1.95. The van der Waals surface area contributed by atoms with E-state index in [1.165, 1.54) is 0 Å². The van der Waals surface area contributed by atoms with Crippen LogP contribution < -0.4 is 0 Å². The molecule has 0 saturated carbocycles. The highest BCUT2D eigenvalue weighted by Crippen LogP contribution is 2.05. The molecule has 0 amide bonds. The van der Waals surface area contributed by atoms with Crippen molar-refractivity contribution in [2.45, 2.75) is 34.1 Å². The Hall–Kier alpha value is -1.63. The van der Waals surface area contributed by atoms with Gasteiger partial charge in [0, 0.05) is 11.4 Å². The predicted octanol–water partition coefficient (Wildman–Crippen LogP) is 5.00. The zero-order chi connectivity index (χ0) is 13.1. The van der Waals surface area contributed by atoms with E-state index >= 15 is 0 Å². The van der Waals surface area contributed by atoms with Gasteiger partial charge < -0.3 is 0 Å². The minimum atomic E-state index is 0.907. The molecule has 1 nitrogen and oxygen atoms in total. The van der Waals surface area contributed by atoms with Gasteiger partial charge in [-0.15, -0.1) is 0 Å². The number of hydrogen-bond acceptors (Lipinski definition) is 1. The molecule has 0 radical (unpaired) electrons. The Balaban J connectivity index is 0.000000557. The molecule has 1 rings (SSSR count). The van der Waals surface area contributed by atoms with E-state index < -0.39 is 0 Å². The standard InChI is InChI=1S/C12H15N.C4H8/c1-4-10(2)13-11(3)12-8-6-5-7-9-12;1-3-4-2/h5-9H,2,4H2,1,3H3;3-4H,1-2H3/b;4-3-. The van der Waals surface area contributed by atoms with Crippen molar-refractivity contribution < 1.29 is 0 Å². The van der Waals surface area contributed by atoms with E-state index in [9.17, 15) is 0 Å². The molecule has 0 saturated heterocycles. The van der Waals surface area contributed by atoms with Crippen LogP contribution in [0.5, 0.6) is 0 Å². The Morgan fingerprint density at radius 3 is 2.12 bits per heavy atom. The van der Waals surface area contributed by atoms with Crippen molar-refractivity contribution in [1.29, 1.82) is 0 Å². The van der Waals surface area contributed by atoms with Crippen LogP contribution in [-0.2, 0) is 0 Å². The van der Waals surface area contributed by atoms with Gasteiger partial charge in [0.2, 0.25) is 0 Å². The summed E-state index contributed by atoms with van der Waals surface area (Å²) in [5, 5.41) is 0. The summed E-state index contributed by atoms with van der Waals surface area (Å²) in [4.78, 5) is 4.39. The lowest BCUT2D eigenvalue weighted by molar-refractivity contribution is 1.08. The average Bonchev–Trinajstić information content (AvgIpc) is 2.39. The molecule has 1 heteroatoms. The first-order chi connectivity index (χ1) is 8.15. The molecule has 0 aromatic heterocycles. The molecule has 92 valence electrons. The summed E-state index contributed by atoms with van der Waals surface area (Å²) >= 11 is 0. The van der Waals surface area contributed by atoms with Crippen LogP contribution in [0.3, 0.4) is 0 Å². The van der Waals surface area contributed by atoms with Crippen LogP contribution in [0, 0.1) is 0 Å². The van der Waals surface area contributed by atoms with E-state index in [1.807, 2.05) is 51.1 Å². The van der Waals surface area contributed by atoms with Crippen LogP contribution in [0.15, 0.2) is 59.8 Å². The summed E-state index contributed by atoms with van der Waals surface area (Å²) in [6, 6.07) is 10.2. The molecule has 0 unspecified atom stereocenters. The second kappa shape index (κ2) is 9.59. The third-order valence-electron chi connectivity index (χ3n) is 2.26. The summed E-state index contributed by atoms with van der Waals surface area (Å²) in [5.74, 6) is 0. The Bertz CT molecular complexity index is 368. The highest BCUT2D eigenvalue weighted by molar-refractivity contribution is 5.99. The molecule has 0 spiro atoms. The molecule has 0 atom stereocenters. The minimum absolute atomic E-state index is 0.907. The number of benzene rings is 1. The van der Waals surface area contributed by atoms with Crippen molar-refractivity contribution in [2.75, 3.05) is 0 Å². The van der Waals surface area contributed by atoms with E-state index in [0.29, 0.717) is 0 Å². The number of hydrogen-bond donors (Lipinski definition) is 0. The highest BCUT2D eigenvalue weighted by atomic mass is 14.7. The van der Waals surface area contributed by atoms with Crippen LogP contribution in [0.2, 0.25) is 0 Å². The normalized spacial score (nSPS) is 10.9. The van der Waals surface area contributed by atoms with Crippen LogP contribution in [0.1, 0.15) is 39.7 Å². The lowest BCUT2D eigenvalue weighted by Gasteiger charge is -2.00. The molecule has 0 aliphatic rings. The molecule has 0 bridgehead atoms. The maximum atomic E-state index is 4.39. The van der Waals surface area contributed by atoms with Gasteiger partial charge in [-0.25, -0.2) is 0 Å². The SMILES string of the molecule is C/C=C\C.C=C(CC)N=C(C)c1ccccc1. The Kier molecular flexibility index (Phi) is 8.67. The van der Waals surface area contributed by atoms with Crippen molar-refractivity contribution in [3.05, 3.63) is 60.3 Å². The van der Waals surface area contributed by atoms with Crippen molar-refractivity contribution in [1.82, 2.24) is 0 Å². The Morgan fingerprint density at radius 1 is 1.18 bits per heavy atom. The summed E-state index contributed by atoms with van der Waals surface area (Å²) < 4.78 is 0. The second-order valence-electron chi connectivity index (χ2n) is 3.65. The van der Waals surface area contributed by atoms with Crippen molar-refractivity contribution >= 4 is 5.71 Å². The lowest BCUT2D eigenvalue weighted by atomic mass is 10.1. The largest absolute Gasteiger partial charge is 0.258 e. The zero-order valence-corrected chi connectivity index (χ0v) is 11.4. The molecule has 0 aliphatic heterocycles. The Morgan fingerprint density at radius 2 is 1.71 bits per heavy atom. The maximum Gasteiger partial charge on any atom is 0.0447 e. The fourth-order valence-electron chi connectivity index (χ4n) is 1.06. The first kappa shape index (κ1) is 15.4. The van der Waals surface area contributed by atoms with E-state index in [1.54, 1.807) is 0 Å². The van der Waals surface area contributed by atoms with Crippen LogP contribution in [0.4, 0.5) is 0 Å². The van der Waals surface area contributed by atoms with Gasteiger partial charge >= 0.3 is 0 Å². The van der Waals surface area contributed by atoms with Gasteiger partial charge in [0.25, 0.3) is 0 Å². The van der Waals surface area contributed by atoms with E-state index in [4.69, 9.17) is 0 Å². The van der Waals surface area contributed by atoms with Gasteiger partial charge in [0.15, 0.2) is 0 Å². The first-order valence-electron chi connectivity index (χ1n) is 6.01. The quantitative estimate of drug-likeness (QED) is 0.511. The van der Waals surface area contributed by atoms with Gasteiger partial charge in [-0.1, -0.05) is 56.0 Å². The second-order valence-corrected chi connectivity index (χ2v) is 3.65. The van der Waals surface area contributed by atoms with E-state index in [-0.39, 0.29) is 0 Å². The molecular weight excluding hydrogens is 206 g/mol. The first-order valence-corrected chi connectivity index (χ1v) is 6.01. The molecule has 0 aliphatic carbocycles. The fourth-order valence-corrected chi connectivity index (χ4v) is 1.06. The number of allylic oxidation sites excluding steroid dienone is 3.